The first kappa shape index (κ1) is 21.6. The number of aliphatic hydroxyl groups is 2. The summed E-state index contributed by atoms with van der Waals surface area (Å²) in [6, 6.07) is 15.8. The van der Waals surface area contributed by atoms with E-state index in [2.05, 4.69) is 0 Å². The highest BCUT2D eigenvalue weighted by Gasteiger charge is 2.35. The predicted octanol–water partition coefficient (Wildman–Crippen LogP) is 6.29. The summed E-state index contributed by atoms with van der Waals surface area (Å²) in [5.74, 6) is 0. The van der Waals surface area contributed by atoms with Crippen molar-refractivity contribution in [3.05, 3.63) is 69.7 Å². The van der Waals surface area contributed by atoms with Gasteiger partial charge < -0.3 is 10.2 Å². The molecule has 0 bridgehead atoms. The summed E-state index contributed by atoms with van der Waals surface area (Å²) in [7, 11) is 0. The molecule has 2 aliphatic rings. The zero-order valence-corrected chi connectivity index (χ0v) is 17.9. The van der Waals surface area contributed by atoms with E-state index in [9.17, 15) is 10.2 Å². The van der Waals surface area contributed by atoms with Gasteiger partial charge in [0.25, 0.3) is 0 Å². The van der Waals surface area contributed by atoms with Gasteiger partial charge in [-0.3, -0.25) is 0 Å². The lowest BCUT2D eigenvalue weighted by Gasteiger charge is -2.27. The van der Waals surface area contributed by atoms with Crippen molar-refractivity contribution in [3.8, 4) is 0 Å². The number of hydrogen-bond acceptors (Lipinski definition) is 2. The molecule has 2 fully saturated rings. The van der Waals surface area contributed by atoms with Gasteiger partial charge in [-0.1, -0.05) is 73.2 Å². The summed E-state index contributed by atoms with van der Waals surface area (Å²) in [5.41, 5.74) is 2.51. The molecule has 0 radical (unpaired) electrons. The van der Waals surface area contributed by atoms with Crippen molar-refractivity contribution < 1.29 is 10.2 Å². The summed E-state index contributed by atoms with van der Waals surface area (Å²) < 4.78 is 0. The third-order valence-corrected chi connectivity index (χ3v) is 7.14. The molecule has 0 aliphatic heterocycles. The molecule has 0 unspecified atom stereocenters. The summed E-state index contributed by atoms with van der Waals surface area (Å²) in [4.78, 5) is 0. The van der Waals surface area contributed by atoms with E-state index in [0.717, 1.165) is 35.7 Å². The summed E-state index contributed by atoms with van der Waals surface area (Å²) in [5, 5.41) is 20.5. The van der Waals surface area contributed by atoms with E-state index in [1.165, 1.54) is 36.8 Å². The third kappa shape index (κ3) is 4.74. The SMILES string of the molecule is OCC1(c2ccc(Cl)cc2)CCCC1.OCC1(c2ccc(Cl)cc2)CCCC1. The Kier molecular flexibility index (Phi) is 7.44. The van der Waals surface area contributed by atoms with Gasteiger partial charge in [0.15, 0.2) is 0 Å². The summed E-state index contributed by atoms with van der Waals surface area (Å²) in [6.45, 7) is 0.517. The smallest absolute Gasteiger partial charge is 0.0527 e. The lowest BCUT2D eigenvalue weighted by Crippen LogP contribution is -2.26. The molecule has 2 saturated carbocycles. The highest BCUT2D eigenvalue weighted by Crippen LogP contribution is 2.41. The van der Waals surface area contributed by atoms with Gasteiger partial charge in [-0.25, -0.2) is 0 Å². The molecule has 0 heterocycles. The van der Waals surface area contributed by atoms with Crippen molar-refractivity contribution in [1.29, 1.82) is 0 Å². The van der Waals surface area contributed by atoms with Crippen molar-refractivity contribution in [2.24, 2.45) is 0 Å². The van der Waals surface area contributed by atoms with Crippen LogP contribution < -0.4 is 0 Å². The van der Waals surface area contributed by atoms with E-state index in [0.29, 0.717) is 0 Å². The monoisotopic (exact) mass is 420 g/mol. The molecular weight excluding hydrogens is 391 g/mol. The van der Waals surface area contributed by atoms with Gasteiger partial charge in [0, 0.05) is 20.9 Å². The zero-order chi connectivity index (χ0) is 20.0. The number of aliphatic hydroxyl groups excluding tert-OH is 2. The van der Waals surface area contributed by atoms with E-state index in [1.807, 2.05) is 48.5 Å². The molecule has 0 amide bonds. The van der Waals surface area contributed by atoms with E-state index in [1.54, 1.807) is 0 Å². The molecule has 0 saturated heterocycles. The average Bonchev–Trinajstić information content (AvgIpc) is 3.40. The molecule has 4 rings (SSSR count). The van der Waals surface area contributed by atoms with Crippen LogP contribution in [0.1, 0.15) is 62.5 Å². The zero-order valence-electron chi connectivity index (χ0n) is 16.3. The highest BCUT2D eigenvalue weighted by molar-refractivity contribution is 6.30. The third-order valence-electron chi connectivity index (χ3n) is 6.64. The lowest BCUT2D eigenvalue weighted by molar-refractivity contribution is 0.196. The van der Waals surface area contributed by atoms with E-state index in [-0.39, 0.29) is 24.0 Å². The van der Waals surface area contributed by atoms with Crippen molar-refractivity contribution in [1.82, 2.24) is 0 Å². The highest BCUT2D eigenvalue weighted by atomic mass is 35.5. The first-order chi connectivity index (χ1) is 13.5. The molecule has 4 heteroatoms. The Hall–Kier alpha value is -1.06. The summed E-state index contributed by atoms with van der Waals surface area (Å²) >= 11 is 11.7. The Bertz CT molecular complexity index is 663. The number of benzene rings is 2. The maximum absolute atomic E-state index is 9.51. The van der Waals surface area contributed by atoms with Crippen LogP contribution in [0.4, 0.5) is 0 Å². The van der Waals surface area contributed by atoms with Gasteiger partial charge in [0.05, 0.1) is 13.2 Å². The quantitative estimate of drug-likeness (QED) is 0.609. The first-order valence-corrected chi connectivity index (χ1v) is 11.0. The molecule has 2 N–H and O–H groups in total. The minimum absolute atomic E-state index is 0.0184. The van der Waals surface area contributed by atoms with Crippen LogP contribution in [-0.2, 0) is 10.8 Å². The molecular formula is C24H30Cl2O2. The van der Waals surface area contributed by atoms with Crippen LogP contribution in [0.2, 0.25) is 10.0 Å². The largest absolute Gasteiger partial charge is 0.395 e. The molecule has 152 valence electrons. The van der Waals surface area contributed by atoms with E-state index >= 15 is 0 Å². The molecule has 0 atom stereocenters. The van der Waals surface area contributed by atoms with Crippen LogP contribution in [0.5, 0.6) is 0 Å². The van der Waals surface area contributed by atoms with Crippen LogP contribution in [0.15, 0.2) is 48.5 Å². The van der Waals surface area contributed by atoms with Gasteiger partial charge in [0.2, 0.25) is 0 Å². The second-order valence-corrected chi connectivity index (χ2v) is 9.18. The maximum atomic E-state index is 9.51. The van der Waals surface area contributed by atoms with Crippen LogP contribution in [-0.4, -0.2) is 23.4 Å². The molecule has 2 aromatic rings. The summed E-state index contributed by atoms with van der Waals surface area (Å²) in [6.07, 6.45) is 9.31. The van der Waals surface area contributed by atoms with Crippen LogP contribution in [0.25, 0.3) is 0 Å². The fraction of sp³-hybridized carbons (Fsp3) is 0.500. The van der Waals surface area contributed by atoms with E-state index < -0.39 is 0 Å². The second kappa shape index (κ2) is 9.63. The van der Waals surface area contributed by atoms with Crippen molar-refractivity contribution in [2.75, 3.05) is 13.2 Å². The Morgan fingerprint density at radius 2 is 0.857 bits per heavy atom. The van der Waals surface area contributed by atoms with Gasteiger partial charge in [0.1, 0.15) is 0 Å². The fourth-order valence-electron chi connectivity index (χ4n) is 4.79. The molecule has 28 heavy (non-hydrogen) atoms. The Morgan fingerprint density at radius 1 is 0.571 bits per heavy atom. The van der Waals surface area contributed by atoms with Crippen LogP contribution >= 0.6 is 23.2 Å². The Balaban J connectivity index is 0.000000161. The van der Waals surface area contributed by atoms with Crippen molar-refractivity contribution in [3.63, 3.8) is 0 Å². The Morgan fingerprint density at radius 3 is 1.11 bits per heavy atom. The molecule has 0 aromatic heterocycles. The fourth-order valence-corrected chi connectivity index (χ4v) is 5.04. The predicted molar refractivity (Wildman–Crippen MR) is 117 cm³/mol. The molecule has 2 aromatic carbocycles. The van der Waals surface area contributed by atoms with Gasteiger partial charge in [-0.2, -0.15) is 0 Å². The molecule has 2 aliphatic carbocycles. The van der Waals surface area contributed by atoms with Crippen molar-refractivity contribution >= 4 is 23.2 Å². The van der Waals surface area contributed by atoms with Gasteiger partial charge in [-0.15, -0.1) is 0 Å². The lowest BCUT2D eigenvalue weighted by atomic mass is 9.80. The van der Waals surface area contributed by atoms with Gasteiger partial charge in [-0.05, 0) is 61.1 Å². The molecule has 2 nitrogen and oxygen atoms in total. The topological polar surface area (TPSA) is 40.5 Å². The van der Waals surface area contributed by atoms with Crippen molar-refractivity contribution in [2.45, 2.75) is 62.2 Å². The first-order valence-electron chi connectivity index (χ1n) is 10.3. The maximum Gasteiger partial charge on any atom is 0.0527 e. The minimum Gasteiger partial charge on any atom is -0.395 e. The van der Waals surface area contributed by atoms with E-state index in [4.69, 9.17) is 23.2 Å². The normalized spacial score (nSPS) is 19.9. The number of halogens is 2. The van der Waals surface area contributed by atoms with Crippen LogP contribution in [0.3, 0.4) is 0 Å². The minimum atomic E-state index is 0.0184. The number of hydrogen-bond donors (Lipinski definition) is 2. The van der Waals surface area contributed by atoms with Crippen LogP contribution in [0, 0.1) is 0 Å². The second-order valence-electron chi connectivity index (χ2n) is 8.30. The average molecular weight is 421 g/mol. The van der Waals surface area contributed by atoms with Gasteiger partial charge >= 0.3 is 0 Å². The number of rotatable bonds is 4. The molecule has 0 spiro atoms. The Labute approximate surface area is 178 Å². The standard InChI is InChI=1S/2C12H15ClO/c2*13-11-5-3-10(4-6-11)12(9-14)7-1-2-8-12/h2*3-6,14H,1-2,7-9H2.